The Morgan fingerprint density at radius 3 is 2.00 bits per heavy atom. The maximum Gasteiger partial charge on any atom is 0.251 e. The number of hydrogen-bond acceptors (Lipinski definition) is 5. The Labute approximate surface area is 231 Å². The number of sulfone groups is 1. The fraction of sp³-hybridized carbons (Fsp3) is 0.375. The van der Waals surface area contributed by atoms with Crippen molar-refractivity contribution in [3.8, 4) is 6.07 Å². The van der Waals surface area contributed by atoms with Crippen LogP contribution in [0.5, 0.6) is 0 Å². The monoisotopic (exact) mass is 541 g/mol. The predicted octanol–water partition coefficient (Wildman–Crippen LogP) is 6.78. The van der Waals surface area contributed by atoms with E-state index in [1.165, 1.54) is 54.6 Å². The van der Waals surface area contributed by atoms with Crippen molar-refractivity contribution in [2.75, 3.05) is 17.2 Å². The second-order valence-electron chi connectivity index (χ2n) is 10.6. The zero-order valence-corrected chi connectivity index (χ0v) is 23.4. The van der Waals surface area contributed by atoms with Crippen LogP contribution in [0.4, 0.5) is 11.4 Å². The van der Waals surface area contributed by atoms with Crippen LogP contribution in [0.1, 0.15) is 90.9 Å². The van der Waals surface area contributed by atoms with Crippen molar-refractivity contribution < 1.29 is 13.2 Å². The first-order chi connectivity index (χ1) is 18.8. The number of amides is 1. The van der Waals surface area contributed by atoms with Gasteiger partial charge in [-0.3, -0.25) is 4.79 Å². The van der Waals surface area contributed by atoms with Gasteiger partial charge in [0.2, 0.25) is 0 Å². The highest BCUT2D eigenvalue weighted by molar-refractivity contribution is 7.91. The molecule has 3 aromatic carbocycles. The highest BCUT2D eigenvalue weighted by Crippen LogP contribution is 2.47. The maximum atomic E-state index is 13.1. The van der Waals surface area contributed by atoms with E-state index >= 15 is 0 Å². The molecule has 0 aromatic heterocycles. The van der Waals surface area contributed by atoms with Crippen molar-refractivity contribution in [1.82, 2.24) is 5.32 Å². The van der Waals surface area contributed by atoms with Crippen molar-refractivity contribution >= 4 is 27.1 Å². The number of nitrogens with one attached hydrogen (secondary N) is 1. The van der Waals surface area contributed by atoms with Gasteiger partial charge in [-0.1, -0.05) is 25.1 Å². The third-order valence-corrected chi connectivity index (χ3v) is 9.50. The molecular formula is C32H35N3O3S. The minimum atomic E-state index is -3.32. The van der Waals surface area contributed by atoms with Gasteiger partial charge in [-0.25, -0.2) is 8.42 Å². The van der Waals surface area contributed by atoms with Gasteiger partial charge in [0.15, 0.2) is 9.84 Å². The molecule has 5 rings (SSSR count). The van der Waals surface area contributed by atoms with E-state index in [1.54, 1.807) is 19.1 Å². The molecule has 0 saturated heterocycles. The SMILES string of the molecule is CCN(c1ccc(C(=O)N[C@@H](CC#N)c2ccc(S(=O)(=O)CC)cc2)cc1)c1cc(C2CC2)cc(C2CC2)c1. The lowest BCUT2D eigenvalue weighted by molar-refractivity contribution is 0.0937. The van der Waals surface area contributed by atoms with Gasteiger partial charge in [-0.2, -0.15) is 5.26 Å². The fourth-order valence-corrected chi connectivity index (χ4v) is 5.97. The number of nitriles is 1. The van der Waals surface area contributed by atoms with Crippen LogP contribution in [0, 0.1) is 11.3 Å². The molecular weight excluding hydrogens is 506 g/mol. The zero-order chi connectivity index (χ0) is 27.6. The van der Waals surface area contributed by atoms with Gasteiger partial charge in [0, 0.05) is 23.5 Å². The summed E-state index contributed by atoms with van der Waals surface area (Å²) < 4.78 is 24.3. The quantitative estimate of drug-likeness (QED) is 0.289. The molecule has 7 heteroatoms. The normalized spacial score (nSPS) is 15.8. The van der Waals surface area contributed by atoms with Crippen LogP contribution < -0.4 is 10.2 Å². The molecule has 0 radical (unpaired) electrons. The average molecular weight is 542 g/mol. The van der Waals surface area contributed by atoms with Gasteiger partial charge >= 0.3 is 0 Å². The molecule has 2 aliphatic rings. The zero-order valence-electron chi connectivity index (χ0n) is 22.6. The van der Waals surface area contributed by atoms with Crippen molar-refractivity contribution in [2.24, 2.45) is 0 Å². The Morgan fingerprint density at radius 1 is 0.923 bits per heavy atom. The number of nitrogens with zero attached hydrogens (tertiary/aromatic N) is 2. The highest BCUT2D eigenvalue weighted by atomic mass is 32.2. The molecule has 1 N–H and O–H groups in total. The summed E-state index contributed by atoms with van der Waals surface area (Å²) in [6.07, 6.45) is 5.18. The summed E-state index contributed by atoms with van der Waals surface area (Å²) in [6.45, 7) is 4.56. The van der Waals surface area contributed by atoms with E-state index in [1.807, 2.05) is 24.3 Å². The van der Waals surface area contributed by atoms with E-state index in [0.717, 1.165) is 12.2 Å². The van der Waals surface area contributed by atoms with E-state index in [0.29, 0.717) is 23.0 Å². The molecule has 39 heavy (non-hydrogen) atoms. The maximum absolute atomic E-state index is 13.1. The Balaban J connectivity index is 1.32. The molecule has 1 amide bonds. The molecule has 3 aromatic rings. The number of anilines is 2. The number of carbonyl (C=O) groups excluding carboxylic acids is 1. The van der Waals surface area contributed by atoms with Crippen LogP contribution in [0.25, 0.3) is 0 Å². The molecule has 0 bridgehead atoms. The van der Waals surface area contributed by atoms with Gasteiger partial charge in [-0.15, -0.1) is 0 Å². The largest absolute Gasteiger partial charge is 0.344 e. The number of rotatable bonds is 11. The smallest absolute Gasteiger partial charge is 0.251 e. The first-order valence-corrected chi connectivity index (χ1v) is 15.5. The third-order valence-electron chi connectivity index (χ3n) is 7.75. The lowest BCUT2D eigenvalue weighted by Crippen LogP contribution is -2.28. The van der Waals surface area contributed by atoms with Crippen LogP contribution in [-0.4, -0.2) is 26.6 Å². The molecule has 0 unspecified atom stereocenters. The van der Waals surface area contributed by atoms with E-state index in [4.69, 9.17) is 0 Å². The Morgan fingerprint density at radius 2 is 1.51 bits per heavy atom. The Hall–Kier alpha value is -3.63. The van der Waals surface area contributed by atoms with E-state index < -0.39 is 15.9 Å². The topological polar surface area (TPSA) is 90.3 Å². The van der Waals surface area contributed by atoms with Crippen molar-refractivity contribution in [2.45, 2.75) is 68.7 Å². The van der Waals surface area contributed by atoms with Gasteiger partial charge in [-0.05, 0) is 110 Å². The molecule has 2 saturated carbocycles. The van der Waals surface area contributed by atoms with E-state index in [-0.39, 0.29) is 23.0 Å². The standard InChI is InChI=1S/C32H35N3O3S/c1-3-35(29-20-26(22-5-6-22)19-27(21-29)23-7-8-23)28-13-9-25(10-14-28)32(36)34-31(17-18-33)24-11-15-30(16-12-24)39(37,38)4-2/h9-16,19-23,31H,3-8,17H2,1-2H3,(H,34,36)/t31-/m0/s1. The second-order valence-corrected chi connectivity index (χ2v) is 12.8. The highest BCUT2D eigenvalue weighted by Gasteiger charge is 2.29. The summed E-state index contributed by atoms with van der Waals surface area (Å²) in [7, 11) is -3.32. The average Bonchev–Trinajstić information content (AvgIpc) is 3.87. The van der Waals surface area contributed by atoms with Gasteiger partial charge in [0.25, 0.3) is 5.91 Å². The molecule has 0 spiro atoms. The second kappa shape index (κ2) is 11.2. The summed E-state index contributed by atoms with van der Waals surface area (Å²) in [5, 5.41) is 12.3. The molecule has 202 valence electrons. The third kappa shape index (κ3) is 6.17. The fourth-order valence-electron chi connectivity index (χ4n) is 5.09. The first kappa shape index (κ1) is 27.0. The summed E-state index contributed by atoms with van der Waals surface area (Å²) in [5.74, 6) is 1.13. The van der Waals surface area contributed by atoms with Gasteiger partial charge < -0.3 is 10.2 Å². The minimum absolute atomic E-state index is 0.0177. The number of hydrogen-bond donors (Lipinski definition) is 1. The Bertz CT molecular complexity index is 1450. The lowest BCUT2D eigenvalue weighted by atomic mass is 10.0. The summed E-state index contributed by atoms with van der Waals surface area (Å²) in [5.41, 5.74) is 6.35. The van der Waals surface area contributed by atoms with Crippen LogP contribution >= 0.6 is 0 Å². The summed E-state index contributed by atoms with van der Waals surface area (Å²) >= 11 is 0. The number of benzene rings is 3. The summed E-state index contributed by atoms with van der Waals surface area (Å²) in [6, 6.07) is 22.6. The molecule has 1 atom stereocenters. The predicted molar refractivity (Wildman–Crippen MR) is 154 cm³/mol. The van der Waals surface area contributed by atoms with Crippen molar-refractivity contribution in [3.05, 3.63) is 89.0 Å². The summed E-state index contributed by atoms with van der Waals surface area (Å²) in [4.78, 5) is 15.6. The lowest BCUT2D eigenvalue weighted by Gasteiger charge is -2.25. The Kier molecular flexibility index (Phi) is 7.76. The molecule has 0 aliphatic heterocycles. The van der Waals surface area contributed by atoms with Crippen molar-refractivity contribution in [3.63, 3.8) is 0 Å². The van der Waals surface area contributed by atoms with Gasteiger partial charge in [0.1, 0.15) is 0 Å². The molecule has 6 nitrogen and oxygen atoms in total. The van der Waals surface area contributed by atoms with Crippen LogP contribution in [0.15, 0.2) is 71.6 Å². The number of carbonyl (C=O) groups is 1. The van der Waals surface area contributed by atoms with Crippen LogP contribution in [-0.2, 0) is 9.84 Å². The van der Waals surface area contributed by atoms with E-state index in [9.17, 15) is 18.5 Å². The first-order valence-electron chi connectivity index (χ1n) is 13.9. The van der Waals surface area contributed by atoms with Crippen LogP contribution in [0.2, 0.25) is 0 Å². The molecule has 0 heterocycles. The minimum Gasteiger partial charge on any atom is -0.344 e. The molecule has 2 fully saturated rings. The van der Waals surface area contributed by atoms with Crippen molar-refractivity contribution in [1.29, 1.82) is 5.26 Å². The van der Waals surface area contributed by atoms with Gasteiger partial charge in [0.05, 0.1) is 29.2 Å². The molecule has 2 aliphatic carbocycles. The van der Waals surface area contributed by atoms with Crippen LogP contribution in [0.3, 0.4) is 0 Å². The van der Waals surface area contributed by atoms with E-state index in [2.05, 4.69) is 41.4 Å².